The molecule has 8 nitrogen and oxygen atoms in total. The number of nitrogens with zero attached hydrogens (tertiary/aromatic N) is 4. The van der Waals surface area contributed by atoms with Crippen LogP contribution in [0.25, 0.3) is 0 Å². The lowest BCUT2D eigenvalue weighted by atomic mass is 10.2. The smallest absolute Gasteiger partial charge is 0.414 e. The number of hydrogen-bond donors (Lipinski definition) is 1. The summed E-state index contributed by atoms with van der Waals surface area (Å²) >= 11 is 0. The van der Waals surface area contributed by atoms with Crippen LogP contribution >= 0.6 is 0 Å². The van der Waals surface area contributed by atoms with Gasteiger partial charge in [0.15, 0.2) is 0 Å². The van der Waals surface area contributed by atoms with E-state index in [1.54, 1.807) is 23.4 Å². The number of carbonyl (C=O) groups is 2. The van der Waals surface area contributed by atoms with E-state index < -0.39 is 18.0 Å². The number of hydrogen-bond acceptors (Lipinski definition) is 6. The number of nitrogens with one attached hydrogen (secondary N) is 1. The van der Waals surface area contributed by atoms with E-state index in [4.69, 9.17) is 4.74 Å². The molecule has 140 valence electrons. The van der Waals surface area contributed by atoms with Gasteiger partial charge in [-0.2, -0.15) is 5.10 Å². The molecule has 0 bridgehead atoms. The van der Waals surface area contributed by atoms with Crippen molar-refractivity contribution < 1.29 is 18.7 Å². The lowest BCUT2D eigenvalue weighted by molar-refractivity contribution is -0.119. The molecule has 1 fully saturated rings. The fourth-order valence-electron chi connectivity index (χ4n) is 2.89. The second-order valence-electron chi connectivity index (χ2n) is 6.16. The zero-order valence-corrected chi connectivity index (χ0v) is 14.8. The maximum Gasteiger partial charge on any atom is 0.414 e. The number of hydrazone groups is 1. The first-order valence-electron chi connectivity index (χ1n) is 8.55. The van der Waals surface area contributed by atoms with Gasteiger partial charge in [0.25, 0.3) is 0 Å². The summed E-state index contributed by atoms with van der Waals surface area (Å²) < 4.78 is 19.8. The minimum atomic E-state index is -0.550. The molecule has 2 aliphatic rings. The van der Waals surface area contributed by atoms with E-state index in [0.29, 0.717) is 17.9 Å². The number of anilines is 2. The third-order valence-electron chi connectivity index (χ3n) is 4.32. The van der Waals surface area contributed by atoms with Crippen LogP contribution in [-0.4, -0.2) is 62.2 Å². The molecule has 0 unspecified atom stereocenters. The van der Waals surface area contributed by atoms with Gasteiger partial charge in [0.05, 0.1) is 31.0 Å². The van der Waals surface area contributed by atoms with Crippen LogP contribution in [0.4, 0.5) is 20.6 Å². The quantitative estimate of drug-likeness (QED) is 0.855. The fourth-order valence-corrected chi connectivity index (χ4v) is 2.89. The van der Waals surface area contributed by atoms with Crippen molar-refractivity contribution in [3.05, 3.63) is 24.0 Å². The SMILES string of the molecule is CCN1CCN(c2ccc(N3C[C@H](CNC(C)=O)OC3=O)cc2F)C=N1. The average molecular weight is 363 g/mol. The molecule has 0 aromatic heterocycles. The number of likely N-dealkylation sites (N-methyl/N-ethyl adjacent to an activating group) is 1. The summed E-state index contributed by atoms with van der Waals surface area (Å²) in [6.45, 7) is 6.06. The van der Waals surface area contributed by atoms with E-state index in [2.05, 4.69) is 10.4 Å². The van der Waals surface area contributed by atoms with Gasteiger partial charge in [-0.1, -0.05) is 0 Å². The van der Waals surface area contributed by atoms with Crippen LogP contribution in [0, 0.1) is 5.82 Å². The van der Waals surface area contributed by atoms with Gasteiger partial charge in [-0.3, -0.25) is 14.7 Å². The van der Waals surface area contributed by atoms with Crippen molar-refractivity contribution >= 4 is 29.7 Å². The minimum absolute atomic E-state index is 0.195. The molecule has 2 amide bonds. The number of ether oxygens (including phenoxy) is 1. The highest BCUT2D eigenvalue weighted by atomic mass is 19.1. The van der Waals surface area contributed by atoms with Gasteiger partial charge in [-0.15, -0.1) is 0 Å². The molecule has 1 atom stereocenters. The average Bonchev–Trinajstić information content (AvgIpc) is 3.01. The van der Waals surface area contributed by atoms with Crippen LogP contribution in [0.15, 0.2) is 23.3 Å². The Morgan fingerprint density at radius 3 is 2.85 bits per heavy atom. The largest absolute Gasteiger partial charge is 0.442 e. The Balaban J connectivity index is 1.70. The van der Waals surface area contributed by atoms with E-state index in [0.717, 1.165) is 13.1 Å². The van der Waals surface area contributed by atoms with Crippen LogP contribution < -0.4 is 15.1 Å². The Morgan fingerprint density at radius 2 is 2.23 bits per heavy atom. The Labute approximate surface area is 151 Å². The molecule has 1 aromatic rings. The third-order valence-corrected chi connectivity index (χ3v) is 4.32. The molecule has 26 heavy (non-hydrogen) atoms. The predicted octanol–water partition coefficient (Wildman–Crippen LogP) is 1.37. The first-order valence-corrected chi connectivity index (χ1v) is 8.55. The Kier molecular flexibility index (Phi) is 5.24. The minimum Gasteiger partial charge on any atom is -0.442 e. The number of halogens is 1. The molecule has 0 saturated carbocycles. The van der Waals surface area contributed by atoms with Gasteiger partial charge >= 0.3 is 6.09 Å². The molecule has 1 N–H and O–H groups in total. The van der Waals surface area contributed by atoms with E-state index in [9.17, 15) is 14.0 Å². The maximum absolute atomic E-state index is 14.6. The standard InChI is InChI=1S/C17H22FN5O3/c1-3-22-7-6-21(11-20-22)16-5-4-13(8-15(16)18)23-10-14(26-17(23)25)9-19-12(2)24/h4-5,8,11,14H,3,6-7,9-10H2,1-2H3,(H,19,24)/t14-/m0/s1. The second kappa shape index (κ2) is 7.59. The van der Waals surface area contributed by atoms with Gasteiger partial charge in [0, 0.05) is 20.0 Å². The fraction of sp³-hybridized carbons (Fsp3) is 0.471. The van der Waals surface area contributed by atoms with Crippen LogP contribution in [0.2, 0.25) is 0 Å². The van der Waals surface area contributed by atoms with Gasteiger partial charge in [0.2, 0.25) is 5.91 Å². The van der Waals surface area contributed by atoms with Gasteiger partial charge in [-0.05, 0) is 25.1 Å². The number of amides is 2. The number of benzene rings is 1. The lowest BCUT2D eigenvalue weighted by Crippen LogP contribution is -2.38. The van der Waals surface area contributed by atoms with Crippen molar-refractivity contribution in [1.29, 1.82) is 0 Å². The monoisotopic (exact) mass is 363 g/mol. The molecule has 2 heterocycles. The van der Waals surface area contributed by atoms with Crippen LogP contribution in [-0.2, 0) is 9.53 Å². The van der Waals surface area contributed by atoms with E-state index in [-0.39, 0.29) is 19.0 Å². The van der Waals surface area contributed by atoms with Gasteiger partial charge in [-0.25, -0.2) is 9.18 Å². The summed E-state index contributed by atoms with van der Waals surface area (Å²) in [4.78, 5) is 26.1. The lowest BCUT2D eigenvalue weighted by Gasteiger charge is -2.29. The molecule has 0 spiro atoms. The first kappa shape index (κ1) is 18.0. The van der Waals surface area contributed by atoms with Crippen molar-refractivity contribution in [2.75, 3.05) is 42.5 Å². The van der Waals surface area contributed by atoms with Crippen molar-refractivity contribution in [1.82, 2.24) is 10.3 Å². The van der Waals surface area contributed by atoms with Crippen molar-refractivity contribution in [2.24, 2.45) is 5.10 Å². The molecule has 2 aliphatic heterocycles. The molecule has 1 aromatic carbocycles. The summed E-state index contributed by atoms with van der Waals surface area (Å²) in [6.07, 6.45) is 0.604. The summed E-state index contributed by atoms with van der Waals surface area (Å²) in [5.74, 6) is -0.628. The van der Waals surface area contributed by atoms with Crippen molar-refractivity contribution in [3.63, 3.8) is 0 Å². The van der Waals surface area contributed by atoms with Crippen LogP contribution in [0.1, 0.15) is 13.8 Å². The highest BCUT2D eigenvalue weighted by molar-refractivity contribution is 5.90. The zero-order chi connectivity index (χ0) is 18.7. The molecule has 0 radical (unpaired) electrons. The molecular formula is C17H22FN5O3. The molecule has 0 aliphatic carbocycles. The Morgan fingerprint density at radius 1 is 1.42 bits per heavy atom. The Hall–Kier alpha value is -2.84. The van der Waals surface area contributed by atoms with Crippen molar-refractivity contribution in [2.45, 2.75) is 20.0 Å². The topological polar surface area (TPSA) is 77.5 Å². The molecule has 1 saturated heterocycles. The summed E-state index contributed by atoms with van der Waals surface area (Å²) in [5.41, 5.74) is 0.835. The predicted molar refractivity (Wildman–Crippen MR) is 95.8 cm³/mol. The summed E-state index contributed by atoms with van der Waals surface area (Å²) in [6, 6.07) is 4.63. The maximum atomic E-state index is 14.6. The first-order chi connectivity index (χ1) is 12.5. The number of carbonyl (C=O) groups excluding carboxylic acids is 2. The summed E-state index contributed by atoms with van der Waals surface area (Å²) in [5, 5.41) is 8.76. The zero-order valence-electron chi connectivity index (χ0n) is 14.8. The number of cyclic esters (lactones) is 1. The molecule has 9 heteroatoms. The molecular weight excluding hydrogens is 341 g/mol. The normalized spacial score (nSPS) is 19.7. The second-order valence-corrected chi connectivity index (χ2v) is 6.16. The van der Waals surface area contributed by atoms with E-state index in [1.807, 2.05) is 11.9 Å². The van der Waals surface area contributed by atoms with Gasteiger partial charge < -0.3 is 15.0 Å². The van der Waals surface area contributed by atoms with E-state index in [1.165, 1.54) is 17.9 Å². The summed E-state index contributed by atoms with van der Waals surface area (Å²) in [7, 11) is 0. The van der Waals surface area contributed by atoms with Crippen molar-refractivity contribution in [3.8, 4) is 0 Å². The molecule has 3 rings (SSSR count). The third kappa shape index (κ3) is 3.87. The van der Waals surface area contributed by atoms with Gasteiger partial charge in [0.1, 0.15) is 18.3 Å². The number of rotatable bonds is 5. The van der Waals surface area contributed by atoms with Crippen LogP contribution in [0.5, 0.6) is 0 Å². The highest BCUT2D eigenvalue weighted by Crippen LogP contribution is 2.28. The van der Waals surface area contributed by atoms with Crippen LogP contribution in [0.3, 0.4) is 0 Å². The highest BCUT2D eigenvalue weighted by Gasteiger charge is 2.33. The Bertz CT molecular complexity index is 726. The van der Waals surface area contributed by atoms with E-state index >= 15 is 0 Å².